The van der Waals surface area contributed by atoms with Crippen molar-refractivity contribution in [3.63, 3.8) is 0 Å². The van der Waals surface area contributed by atoms with E-state index in [-0.39, 0.29) is 0 Å². The van der Waals surface area contributed by atoms with Crippen molar-refractivity contribution in [2.45, 2.75) is 32.2 Å². The molecule has 1 aromatic carbocycles. The van der Waals surface area contributed by atoms with Crippen LogP contribution in [0.2, 0.25) is 0 Å². The van der Waals surface area contributed by atoms with Crippen molar-refractivity contribution in [3.8, 4) is 22.8 Å². The fraction of sp³-hybridized carbons (Fsp3) is 0.438. The number of nitrogens with zero attached hydrogens (tertiary/aromatic N) is 2. The monoisotopic (exact) mass is 287 g/mol. The van der Waals surface area contributed by atoms with Crippen molar-refractivity contribution in [2.24, 2.45) is 0 Å². The molecule has 0 amide bonds. The maximum Gasteiger partial charge on any atom is 0.131 e. The van der Waals surface area contributed by atoms with Gasteiger partial charge in [-0.05, 0) is 38.0 Å². The Bertz CT molecular complexity index is 660. The quantitative estimate of drug-likeness (QED) is 0.918. The van der Waals surface area contributed by atoms with Gasteiger partial charge in [0.1, 0.15) is 28.8 Å². The minimum atomic E-state index is 0.553. The molecule has 1 aliphatic carbocycles. The van der Waals surface area contributed by atoms with Crippen LogP contribution < -0.4 is 15.2 Å². The molecule has 0 bridgehead atoms. The van der Waals surface area contributed by atoms with E-state index in [4.69, 9.17) is 20.2 Å². The summed E-state index contributed by atoms with van der Waals surface area (Å²) >= 11 is 0. The van der Waals surface area contributed by atoms with Crippen molar-refractivity contribution < 1.29 is 9.47 Å². The number of ether oxygens (including phenoxy) is 2. The van der Waals surface area contributed by atoms with Gasteiger partial charge in [-0.3, -0.25) is 0 Å². The third kappa shape index (κ3) is 2.33. The molecule has 3 rings (SSSR count). The average molecular weight is 287 g/mol. The van der Waals surface area contributed by atoms with E-state index in [0.717, 1.165) is 35.1 Å². The fourth-order valence-electron chi connectivity index (χ4n) is 2.67. The molecule has 5 nitrogen and oxygen atoms in total. The molecule has 0 spiro atoms. The number of rotatable bonds is 5. The molecule has 1 saturated carbocycles. The Morgan fingerprint density at radius 1 is 1.29 bits per heavy atom. The molecule has 2 N–H and O–H groups in total. The first-order chi connectivity index (χ1) is 10.2. The molecule has 0 atom stereocenters. The SMILES string of the molecule is CCn1c(C2CC2)nc(-c2cc(OC)ccc2OC)c1N. The number of nitrogens with two attached hydrogens (primary N) is 1. The van der Waals surface area contributed by atoms with Gasteiger partial charge in [-0.1, -0.05) is 0 Å². The Morgan fingerprint density at radius 2 is 2.05 bits per heavy atom. The van der Waals surface area contributed by atoms with Crippen LogP contribution in [0.1, 0.15) is 31.5 Å². The van der Waals surface area contributed by atoms with E-state index < -0.39 is 0 Å². The van der Waals surface area contributed by atoms with Crippen molar-refractivity contribution >= 4 is 5.82 Å². The number of benzene rings is 1. The van der Waals surface area contributed by atoms with Crippen LogP contribution in [0.4, 0.5) is 5.82 Å². The van der Waals surface area contributed by atoms with Gasteiger partial charge in [-0.15, -0.1) is 0 Å². The number of imidazole rings is 1. The summed E-state index contributed by atoms with van der Waals surface area (Å²) in [6.45, 7) is 2.92. The van der Waals surface area contributed by atoms with Crippen LogP contribution in [0.25, 0.3) is 11.3 Å². The second-order valence-corrected chi connectivity index (χ2v) is 5.29. The zero-order valence-corrected chi connectivity index (χ0v) is 12.7. The molecule has 1 fully saturated rings. The fourth-order valence-corrected chi connectivity index (χ4v) is 2.67. The van der Waals surface area contributed by atoms with Gasteiger partial charge in [0.2, 0.25) is 0 Å². The average Bonchev–Trinajstić information content (AvgIpc) is 3.30. The van der Waals surface area contributed by atoms with E-state index in [1.807, 2.05) is 18.2 Å². The first kappa shape index (κ1) is 13.8. The Balaban J connectivity index is 2.15. The van der Waals surface area contributed by atoms with Crippen LogP contribution in [-0.2, 0) is 6.54 Å². The number of hydrogen-bond donors (Lipinski definition) is 1. The lowest BCUT2D eigenvalue weighted by molar-refractivity contribution is 0.404. The zero-order chi connectivity index (χ0) is 15.0. The highest BCUT2D eigenvalue weighted by atomic mass is 16.5. The summed E-state index contributed by atoms with van der Waals surface area (Å²) in [5.41, 5.74) is 8.00. The van der Waals surface area contributed by atoms with Gasteiger partial charge in [-0.2, -0.15) is 0 Å². The second-order valence-electron chi connectivity index (χ2n) is 5.29. The lowest BCUT2D eigenvalue weighted by Crippen LogP contribution is -2.04. The molecule has 5 heteroatoms. The summed E-state index contributed by atoms with van der Waals surface area (Å²) in [6.07, 6.45) is 2.40. The van der Waals surface area contributed by atoms with Crippen molar-refractivity contribution in [1.82, 2.24) is 9.55 Å². The predicted molar refractivity (Wildman–Crippen MR) is 82.8 cm³/mol. The van der Waals surface area contributed by atoms with Gasteiger partial charge in [0.15, 0.2) is 0 Å². The highest BCUT2D eigenvalue weighted by Gasteiger charge is 2.31. The summed E-state index contributed by atoms with van der Waals surface area (Å²) < 4.78 is 12.9. The molecule has 0 saturated heterocycles. The van der Waals surface area contributed by atoms with Crippen LogP contribution in [0.5, 0.6) is 11.5 Å². The third-order valence-corrected chi connectivity index (χ3v) is 3.96. The van der Waals surface area contributed by atoms with Gasteiger partial charge in [0.05, 0.1) is 14.2 Å². The van der Waals surface area contributed by atoms with Crippen LogP contribution >= 0.6 is 0 Å². The molecule has 112 valence electrons. The van der Waals surface area contributed by atoms with Gasteiger partial charge < -0.3 is 19.8 Å². The number of hydrogen-bond acceptors (Lipinski definition) is 4. The standard InChI is InChI=1S/C16H21N3O2/c1-4-19-15(17)14(18-16(19)10-5-6-10)12-9-11(20-2)7-8-13(12)21-3/h7-10H,4-6,17H2,1-3H3. The van der Waals surface area contributed by atoms with Crippen molar-refractivity contribution in [3.05, 3.63) is 24.0 Å². The van der Waals surface area contributed by atoms with Crippen molar-refractivity contribution in [1.29, 1.82) is 0 Å². The first-order valence-electron chi connectivity index (χ1n) is 7.27. The Hall–Kier alpha value is -2.17. The zero-order valence-electron chi connectivity index (χ0n) is 12.7. The topological polar surface area (TPSA) is 62.3 Å². The molecule has 0 aliphatic heterocycles. The number of anilines is 1. The lowest BCUT2D eigenvalue weighted by Gasteiger charge is -2.10. The largest absolute Gasteiger partial charge is 0.497 e. The molecule has 2 aromatic rings. The second kappa shape index (κ2) is 5.31. The smallest absolute Gasteiger partial charge is 0.131 e. The molecule has 0 radical (unpaired) electrons. The van der Waals surface area contributed by atoms with E-state index >= 15 is 0 Å². The number of nitrogen functional groups attached to an aromatic ring is 1. The maximum absolute atomic E-state index is 6.33. The third-order valence-electron chi connectivity index (χ3n) is 3.96. The normalized spacial score (nSPS) is 14.2. The van der Waals surface area contributed by atoms with Gasteiger partial charge in [0.25, 0.3) is 0 Å². The van der Waals surface area contributed by atoms with Gasteiger partial charge >= 0.3 is 0 Å². The highest BCUT2D eigenvalue weighted by Crippen LogP contribution is 2.43. The Kier molecular flexibility index (Phi) is 3.49. The summed E-state index contributed by atoms with van der Waals surface area (Å²) in [7, 11) is 3.30. The highest BCUT2D eigenvalue weighted by molar-refractivity contribution is 5.77. The van der Waals surface area contributed by atoms with E-state index in [9.17, 15) is 0 Å². The summed E-state index contributed by atoms with van der Waals surface area (Å²) in [5, 5.41) is 0. The minimum absolute atomic E-state index is 0.553. The first-order valence-corrected chi connectivity index (χ1v) is 7.27. The van der Waals surface area contributed by atoms with Gasteiger partial charge in [0, 0.05) is 18.0 Å². The summed E-state index contributed by atoms with van der Waals surface area (Å²) in [6, 6.07) is 5.68. The van der Waals surface area contributed by atoms with Gasteiger partial charge in [-0.25, -0.2) is 4.98 Å². The van der Waals surface area contributed by atoms with Crippen LogP contribution in [0, 0.1) is 0 Å². The molecule has 1 aliphatic rings. The van der Waals surface area contributed by atoms with E-state index in [0.29, 0.717) is 11.7 Å². The predicted octanol–water partition coefficient (Wildman–Crippen LogP) is 3.05. The molecule has 21 heavy (non-hydrogen) atoms. The van der Waals surface area contributed by atoms with E-state index in [1.54, 1.807) is 14.2 Å². The number of aromatic nitrogens is 2. The van der Waals surface area contributed by atoms with E-state index in [2.05, 4.69) is 11.5 Å². The van der Waals surface area contributed by atoms with E-state index in [1.165, 1.54) is 12.8 Å². The lowest BCUT2D eigenvalue weighted by atomic mass is 10.1. The molecule has 0 unspecified atom stereocenters. The molecule has 1 aromatic heterocycles. The minimum Gasteiger partial charge on any atom is -0.497 e. The summed E-state index contributed by atoms with van der Waals surface area (Å²) in [5.74, 6) is 3.87. The maximum atomic E-state index is 6.33. The Labute approximate surface area is 124 Å². The molecular formula is C16H21N3O2. The van der Waals surface area contributed by atoms with Crippen LogP contribution in [0.3, 0.4) is 0 Å². The molecule has 1 heterocycles. The number of methoxy groups -OCH3 is 2. The summed E-state index contributed by atoms with van der Waals surface area (Å²) in [4.78, 5) is 4.80. The van der Waals surface area contributed by atoms with Crippen LogP contribution in [-0.4, -0.2) is 23.8 Å². The Morgan fingerprint density at radius 3 is 2.62 bits per heavy atom. The van der Waals surface area contributed by atoms with Crippen LogP contribution in [0.15, 0.2) is 18.2 Å². The molecular weight excluding hydrogens is 266 g/mol. The van der Waals surface area contributed by atoms with Crippen molar-refractivity contribution in [2.75, 3.05) is 20.0 Å².